The maximum Gasteiger partial charge on any atom is 0.398 e. The summed E-state index contributed by atoms with van der Waals surface area (Å²) in [6, 6.07) is 3.59. The van der Waals surface area contributed by atoms with Gasteiger partial charge in [-0.15, -0.1) is 0 Å². The van der Waals surface area contributed by atoms with Gasteiger partial charge in [-0.05, 0) is 50.4 Å². The third-order valence-electron chi connectivity index (χ3n) is 4.30. The SMILES string of the molecule is FC(F)(F)C1(c2ccc(NC3CCNCC3)nc2)CC1. The molecular weight excluding hydrogens is 267 g/mol. The Morgan fingerprint density at radius 1 is 1.20 bits per heavy atom. The minimum atomic E-state index is -4.17. The fraction of sp³-hybridized carbons (Fsp3) is 0.643. The number of hydrogen-bond acceptors (Lipinski definition) is 3. The minimum Gasteiger partial charge on any atom is -0.367 e. The summed E-state index contributed by atoms with van der Waals surface area (Å²) >= 11 is 0. The van der Waals surface area contributed by atoms with E-state index in [1.165, 1.54) is 6.20 Å². The fourth-order valence-electron chi connectivity index (χ4n) is 2.80. The van der Waals surface area contributed by atoms with Crippen molar-refractivity contribution in [2.75, 3.05) is 18.4 Å². The number of alkyl halides is 3. The Balaban J connectivity index is 1.69. The summed E-state index contributed by atoms with van der Waals surface area (Å²) in [5.74, 6) is 0.665. The zero-order valence-corrected chi connectivity index (χ0v) is 11.1. The molecule has 1 aromatic rings. The summed E-state index contributed by atoms with van der Waals surface area (Å²) in [6.45, 7) is 1.93. The molecule has 0 radical (unpaired) electrons. The van der Waals surface area contributed by atoms with E-state index in [0.29, 0.717) is 17.4 Å². The Labute approximate surface area is 116 Å². The number of nitrogens with zero attached hydrogens (tertiary/aromatic N) is 1. The molecule has 0 unspecified atom stereocenters. The summed E-state index contributed by atoms with van der Waals surface area (Å²) in [4.78, 5) is 4.16. The Kier molecular flexibility index (Phi) is 3.36. The first-order valence-electron chi connectivity index (χ1n) is 7.02. The van der Waals surface area contributed by atoms with Crippen LogP contribution in [0.1, 0.15) is 31.2 Å². The molecule has 3 rings (SSSR count). The maximum atomic E-state index is 13.0. The number of hydrogen-bond donors (Lipinski definition) is 2. The standard InChI is InChI=1S/C14H18F3N3/c15-14(16,17)13(5-6-13)10-1-2-12(19-9-10)20-11-3-7-18-8-4-11/h1-2,9,11,18H,3-8H2,(H,19,20). The molecular formula is C14H18F3N3. The Morgan fingerprint density at radius 2 is 1.90 bits per heavy atom. The highest BCUT2D eigenvalue weighted by Crippen LogP contribution is 2.58. The van der Waals surface area contributed by atoms with Gasteiger partial charge in [-0.1, -0.05) is 6.07 Å². The number of pyridine rings is 1. The molecule has 0 bridgehead atoms. The summed E-state index contributed by atoms with van der Waals surface area (Å²) < 4.78 is 39.0. The van der Waals surface area contributed by atoms with Crippen molar-refractivity contribution in [3.8, 4) is 0 Å². The molecule has 1 aliphatic heterocycles. The first kappa shape index (κ1) is 13.7. The molecule has 20 heavy (non-hydrogen) atoms. The normalized spacial score (nSPS) is 22.6. The van der Waals surface area contributed by atoms with Crippen molar-refractivity contribution < 1.29 is 13.2 Å². The molecule has 0 aromatic carbocycles. The van der Waals surface area contributed by atoms with Crippen molar-refractivity contribution in [1.82, 2.24) is 10.3 Å². The van der Waals surface area contributed by atoms with Crippen molar-refractivity contribution in [2.24, 2.45) is 0 Å². The van der Waals surface area contributed by atoms with Crippen molar-refractivity contribution in [3.05, 3.63) is 23.9 Å². The van der Waals surface area contributed by atoms with Gasteiger partial charge in [-0.25, -0.2) is 4.98 Å². The number of rotatable bonds is 3. The molecule has 1 saturated carbocycles. The molecule has 0 atom stereocenters. The molecule has 2 aliphatic rings. The largest absolute Gasteiger partial charge is 0.398 e. The lowest BCUT2D eigenvalue weighted by Crippen LogP contribution is -2.35. The van der Waals surface area contributed by atoms with Gasteiger partial charge in [0.1, 0.15) is 5.82 Å². The fourth-order valence-corrected chi connectivity index (χ4v) is 2.80. The zero-order chi connectivity index (χ0) is 14.2. The van der Waals surface area contributed by atoms with Crippen LogP contribution in [0.5, 0.6) is 0 Å². The van der Waals surface area contributed by atoms with Gasteiger partial charge in [0.2, 0.25) is 0 Å². The summed E-state index contributed by atoms with van der Waals surface area (Å²) in [5, 5.41) is 6.56. The van der Waals surface area contributed by atoms with E-state index in [4.69, 9.17) is 0 Å². The van der Waals surface area contributed by atoms with Crippen LogP contribution >= 0.6 is 0 Å². The second-order valence-electron chi connectivity index (χ2n) is 5.68. The van der Waals surface area contributed by atoms with Crippen LogP contribution in [-0.2, 0) is 5.41 Å². The predicted octanol–water partition coefficient (Wildman–Crippen LogP) is 2.84. The Morgan fingerprint density at radius 3 is 2.40 bits per heavy atom. The molecule has 2 heterocycles. The van der Waals surface area contributed by atoms with Crippen LogP contribution in [0.15, 0.2) is 18.3 Å². The van der Waals surface area contributed by atoms with E-state index in [1.54, 1.807) is 12.1 Å². The van der Waals surface area contributed by atoms with Crippen molar-refractivity contribution in [1.29, 1.82) is 0 Å². The molecule has 6 heteroatoms. The smallest absolute Gasteiger partial charge is 0.367 e. The van der Waals surface area contributed by atoms with Crippen LogP contribution in [0.25, 0.3) is 0 Å². The second-order valence-corrected chi connectivity index (χ2v) is 5.68. The van der Waals surface area contributed by atoms with Crippen LogP contribution < -0.4 is 10.6 Å². The number of piperidine rings is 1. The Hall–Kier alpha value is -1.30. The topological polar surface area (TPSA) is 37.0 Å². The van der Waals surface area contributed by atoms with Gasteiger partial charge in [0.05, 0.1) is 5.41 Å². The van der Waals surface area contributed by atoms with Crippen molar-refractivity contribution in [3.63, 3.8) is 0 Å². The summed E-state index contributed by atoms with van der Waals surface area (Å²) in [7, 11) is 0. The molecule has 1 saturated heterocycles. The number of halogens is 3. The average molecular weight is 285 g/mol. The average Bonchev–Trinajstić information content (AvgIpc) is 3.22. The lowest BCUT2D eigenvalue weighted by molar-refractivity contribution is -0.160. The van der Waals surface area contributed by atoms with Gasteiger partial charge < -0.3 is 10.6 Å². The first-order chi connectivity index (χ1) is 9.51. The maximum absolute atomic E-state index is 13.0. The third kappa shape index (κ3) is 2.49. The zero-order valence-electron chi connectivity index (χ0n) is 11.1. The van der Waals surface area contributed by atoms with E-state index in [2.05, 4.69) is 15.6 Å². The first-order valence-corrected chi connectivity index (χ1v) is 7.02. The summed E-state index contributed by atoms with van der Waals surface area (Å²) in [5.41, 5.74) is -1.34. The van der Waals surface area contributed by atoms with Gasteiger partial charge in [0, 0.05) is 12.2 Å². The molecule has 2 fully saturated rings. The molecule has 1 aliphatic carbocycles. The van der Waals surface area contributed by atoms with E-state index in [0.717, 1.165) is 25.9 Å². The van der Waals surface area contributed by atoms with Crippen LogP contribution in [0.3, 0.4) is 0 Å². The van der Waals surface area contributed by atoms with Gasteiger partial charge >= 0.3 is 6.18 Å². The highest BCUT2D eigenvalue weighted by Gasteiger charge is 2.64. The second kappa shape index (κ2) is 4.91. The number of aromatic nitrogens is 1. The highest BCUT2D eigenvalue weighted by atomic mass is 19.4. The van der Waals surface area contributed by atoms with E-state index in [1.807, 2.05) is 0 Å². The van der Waals surface area contributed by atoms with Crippen LogP contribution in [0, 0.1) is 0 Å². The minimum absolute atomic E-state index is 0.180. The van der Waals surface area contributed by atoms with Gasteiger partial charge in [-0.2, -0.15) is 13.2 Å². The number of nitrogens with one attached hydrogen (secondary N) is 2. The molecule has 2 N–H and O–H groups in total. The van der Waals surface area contributed by atoms with Crippen molar-refractivity contribution >= 4 is 5.82 Å². The van der Waals surface area contributed by atoms with Crippen LogP contribution in [0.4, 0.5) is 19.0 Å². The van der Waals surface area contributed by atoms with E-state index < -0.39 is 11.6 Å². The van der Waals surface area contributed by atoms with Crippen LogP contribution in [-0.4, -0.2) is 30.3 Å². The van der Waals surface area contributed by atoms with Crippen LogP contribution in [0.2, 0.25) is 0 Å². The van der Waals surface area contributed by atoms with E-state index in [9.17, 15) is 13.2 Å². The molecule has 1 aromatic heterocycles. The predicted molar refractivity (Wildman–Crippen MR) is 70.7 cm³/mol. The van der Waals surface area contributed by atoms with Gasteiger partial charge in [-0.3, -0.25) is 0 Å². The van der Waals surface area contributed by atoms with E-state index in [-0.39, 0.29) is 12.8 Å². The number of anilines is 1. The lowest BCUT2D eigenvalue weighted by Gasteiger charge is -2.24. The quantitative estimate of drug-likeness (QED) is 0.896. The third-order valence-corrected chi connectivity index (χ3v) is 4.30. The van der Waals surface area contributed by atoms with Gasteiger partial charge in [0.25, 0.3) is 0 Å². The van der Waals surface area contributed by atoms with E-state index >= 15 is 0 Å². The molecule has 0 amide bonds. The van der Waals surface area contributed by atoms with Crippen molar-refractivity contribution in [2.45, 2.75) is 43.3 Å². The molecule has 0 spiro atoms. The van der Waals surface area contributed by atoms with Gasteiger partial charge in [0.15, 0.2) is 0 Å². The molecule has 3 nitrogen and oxygen atoms in total. The lowest BCUT2D eigenvalue weighted by atomic mass is 9.97. The Bertz CT molecular complexity index is 460. The summed E-state index contributed by atoms with van der Waals surface area (Å²) in [6.07, 6.45) is -0.410. The highest BCUT2D eigenvalue weighted by molar-refractivity contribution is 5.41. The monoisotopic (exact) mass is 285 g/mol. The molecule has 110 valence electrons.